The number of ether oxygens (including phenoxy) is 1. The molecular weight excluding hydrogens is 466 g/mol. The summed E-state index contributed by atoms with van der Waals surface area (Å²) < 4.78 is 82.1. The van der Waals surface area contributed by atoms with Gasteiger partial charge in [-0.25, -0.2) is 17.6 Å². The van der Waals surface area contributed by atoms with E-state index >= 15 is 0 Å². The minimum absolute atomic E-state index is 0.0515. The predicted molar refractivity (Wildman–Crippen MR) is 124 cm³/mol. The number of alkyl halides is 2. The molecule has 0 aliphatic carbocycles. The van der Waals surface area contributed by atoms with E-state index in [1.165, 1.54) is 60.7 Å². The van der Waals surface area contributed by atoms with E-state index in [1.54, 1.807) is 24.3 Å². The highest BCUT2D eigenvalue weighted by Crippen LogP contribution is 2.28. The van der Waals surface area contributed by atoms with Crippen molar-refractivity contribution in [2.75, 3.05) is 13.3 Å². The molecule has 4 aromatic carbocycles. The number of hydrogen-bond donors (Lipinski definition) is 0. The molecule has 0 amide bonds. The van der Waals surface area contributed by atoms with Crippen LogP contribution in [0, 0.1) is 23.3 Å². The van der Waals surface area contributed by atoms with Gasteiger partial charge in [-0.05, 0) is 59.2 Å². The average molecular weight is 488 g/mol. The Morgan fingerprint density at radius 2 is 1.03 bits per heavy atom. The van der Waals surface area contributed by atoms with Gasteiger partial charge in [-0.1, -0.05) is 36.4 Å². The summed E-state index contributed by atoms with van der Waals surface area (Å²) in [7, 11) is 0. The summed E-state index contributed by atoms with van der Waals surface area (Å²) in [6.07, 6.45) is 0.0556. The van der Waals surface area contributed by atoms with Crippen LogP contribution in [0.1, 0.15) is 12.0 Å². The highest BCUT2D eigenvalue weighted by molar-refractivity contribution is 5.65. The second-order valence-corrected chi connectivity index (χ2v) is 7.49. The van der Waals surface area contributed by atoms with Gasteiger partial charge in [0.1, 0.15) is 35.6 Å². The molecule has 182 valence electrons. The van der Waals surface area contributed by atoms with Crippen LogP contribution in [0.4, 0.5) is 26.3 Å². The van der Waals surface area contributed by atoms with Crippen molar-refractivity contribution < 1.29 is 31.1 Å². The molecule has 0 N–H and O–H groups in total. The minimum atomic E-state index is -0.531. The zero-order valence-electron chi connectivity index (χ0n) is 18.6. The van der Waals surface area contributed by atoms with E-state index in [9.17, 15) is 26.3 Å². The lowest BCUT2D eigenvalue weighted by atomic mass is 10.0. The topological polar surface area (TPSA) is 9.23 Å². The van der Waals surface area contributed by atoms with Crippen LogP contribution in [-0.2, 0) is 6.61 Å². The number of rotatable bonds is 7. The SMILES string of the molecule is FCCCF.Fc1ccc(-c2ccc(COc3ccc(-c4ccc(F)cc4)c(F)c3)cc2F)cc1. The molecule has 0 unspecified atom stereocenters. The smallest absolute Gasteiger partial charge is 0.134 e. The van der Waals surface area contributed by atoms with Crippen LogP contribution in [0.25, 0.3) is 22.3 Å². The summed E-state index contributed by atoms with van der Waals surface area (Å²) in [6, 6.07) is 20.1. The molecule has 7 heteroatoms. The standard InChI is InChI=1S/C25H16F4O.C3H6F2/c26-19-6-2-17(3-7-19)22-11-1-16(13-24(22)28)15-30-21-10-12-23(25(29)14-21)18-4-8-20(27)9-5-18;4-2-1-3-5/h1-14H,15H2;1-3H2. The molecule has 35 heavy (non-hydrogen) atoms. The highest BCUT2D eigenvalue weighted by Gasteiger charge is 2.09. The largest absolute Gasteiger partial charge is 0.489 e. The normalized spacial score (nSPS) is 10.5. The first kappa shape index (κ1) is 25.9. The first-order chi connectivity index (χ1) is 16.9. The van der Waals surface area contributed by atoms with Gasteiger partial charge < -0.3 is 4.74 Å². The predicted octanol–water partition coefficient (Wildman–Crippen LogP) is 8.47. The Hall–Kier alpha value is -3.74. The van der Waals surface area contributed by atoms with Gasteiger partial charge in [0.25, 0.3) is 0 Å². The molecule has 0 saturated heterocycles. The van der Waals surface area contributed by atoms with E-state index < -0.39 is 30.8 Å². The Labute approximate surface area is 199 Å². The van der Waals surface area contributed by atoms with Gasteiger partial charge in [0.05, 0.1) is 13.3 Å². The average Bonchev–Trinajstić information content (AvgIpc) is 2.85. The molecule has 0 aliphatic heterocycles. The molecule has 0 aromatic heterocycles. The lowest BCUT2D eigenvalue weighted by Gasteiger charge is -2.10. The van der Waals surface area contributed by atoms with Gasteiger partial charge >= 0.3 is 0 Å². The fourth-order valence-corrected chi connectivity index (χ4v) is 3.18. The van der Waals surface area contributed by atoms with E-state index in [0.29, 0.717) is 33.6 Å². The summed E-state index contributed by atoms with van der Waals surface area (Å²) in [5.41, 5.74) is 2.38. The zero-order chi connectivity index (χ0) is 25.2. The fraction of sp³-hybridized carbons (Fsp3) is 0.143. The molecule has 0 fully saturated rings. The molecular formula is C28H22F6O. The molecule has 0 spiro atoms. The van der Waals surface area contributed by atoms with Crippen molar-refractivity contribution >= 4 is 0 Å². The molecule has 4 rings (SSSR count). The van der Waals surface area contributed by atoms with E-state index in [2.05, 4.69) is 0 Å². The lowest BCUT2D eigenvalue weighted by molar-refractivity contribution is 0.304. The maximum absolute atomic E-state index is 14.5. The van der Waals surface area contributed by atoms with E-state index in [1.807, 2.05) is 0 Å². The Balaban J connectivity index is 0.000000623. The third-order valence-electron chi connectivity index (χ3n) is 4.96. The Bertz CT molecular complexity index is 1130. The zero-order valence-corrected chi connectivity index (χ0v) is 18.6. The minimum Gasteiger partial charge on any atom is -0.489 e. The highest BCUT2D eigenvalue weighted by atomic mass is 19.1. The van der Waals surface area contributed by atoms with Crippen LogP contribution in [0.15, 0.2) is 84.9 Å². The van der Waals surface area contributed by atoms with Gasteiger partial charge in [0.15, 0.2) is 0 Å². The maximum atomic E-state index is 14.5. The van der Waals surface area contributed by atoms with Crippen LogP contribution in [0.3, 0.4) is 0 Å². The van der Waals surface area contributed by atoms with Crippen molar-refractivity contribution in [1.82, 2.24) is 0 Å². The molecule has 0 atom stereocenters. The van der Waals surface area contributed by atoms with Gasteiger partial charge in [0, 0.05) is 23.6 Å². The maximum Gasteiger partial charge on any atom is 0.134 e. The third kappa shape index (κ3) is 7.37. The van der Waals surface area contributed by atoms with Crippen LogP contribution in [0.5, 0.6) is 5.75 Å². The van der Waals surface area contributed by atoms with Crippen LogP contribution in [0.2, 0.25) is 0 Å². The molecule has 0 radical (unpaired) electrons. The summed E-state index contributed by atoms with van der Waals surface area (Å²) >= 11 is 0. The fourth-order valence-electron chi connectivity index (χ4n) is 3.18. The monoisotopic (exact) mass is 488 g/mol. The van der Waals surface area contributed by atoms with Crippen LogP contribution >= 0.6 is 0 Å². The van der Waals surface area contributed by atoms with Crippen molar-refractivity contribution in [3.63, 3.8) is 0 Å². The number of benzene rings is 4. The first-order valence-corrected chi connectivity index (χ1v) is 10.8. The van der Waals surface area contributed by atoms with Crippen molar-refractivity contribution in [2.45, 2.75) is 13.0 Å². The summed E-state index contributed by atoms with van der Waals surface area (Å²) in [5, 5.41) is 0. The summed E-state index contributed by atoms with van der Waals surface area (Å²) in [5.74, 6) is -1.45. The van der Waals surface area contributed by atoms with E-state index in [0.717, 1.165) is 0 Å². The van der Waals surface area contributed by atoms with Crippen molar-refractivity contribution in [1.29, 1.82) is 0 Å². The van der Waals surface area contributed by atoms with Crippen molar-refractivity contribution in [3.8, 4) is 28.0 Å². The summed E-state index contributed by atoms with van der Waals surface area (Å²) in [6.45, 7) is -1.01. The van der Waals surface area contributed by atoms with Crippen LogP contribution in [-0.4, -0.2) is 13.3 Å². The van der Waals surface area contributed by atoms with Gasteiger partial charge in [-0.15, -0.1) is 0 Å². The number of hydrogen-bond acceptors (Lipinski definition) is 1. The van der Waals surface area contributed by atoms with Crippen LogP contribution < -0.4 is 4.74 Å². The Morgan fingerprint density at radius 3 is 1.46 bits per heavy atom. The second-order valence-electron chi connectivity index (χ2n) is 7.49. The molecule has 0 bridgehead atoms. The molecule has 0 aliphatic rings. The lowest BCUT2D eigenvalue weighted by Crippen LogP contribution is -1.98. The van der Waals surface area contributed by atoms with Crippen molar-refractivity contribution in [3.05, 3.63) is 114 Å². The van der Waals surface area contributed by atoms with E-state index in [-0.39, 0.29) is 18.8 Å². The first-order valence-electron chi connectivity index (χ1n) is 10.8. The van der Waals surface area contributed by atoms with Crippen molar-refractivity contribution in [2.24, 2.45) is 0 Å². The van der Waals surface area contributed by atoms with Gasteiger partial charge in [-0.3, -0.25) is 8.78 Å². The summed E-state index contributed by atoms with van der Waals surface area (Å²) in [4.78, 5) is 0. The Kier molecular flexibility index (Phi) is 9.35. The van der Waals surface area contributed by atoms with E-state index in [4.69, 9.17) is 4.74 Å². The molecule has 0 saturated carbocycles. The van der Waals surface area contributed by atoms with Gasteiger partial charge in [-0.2, -0.15) is 0 Å². The second kappa shape index (κ2) is 12.6. The van der Waals surface area contributed by atoms with Gasteiger partial charge in [0.2, 0.25) is 0 Å². The molecule has 0 heterocycles. The number of halogens is 6. The Morgan fingerprint density at radius 1 is 0.543 bits per heavy atom. The molecule has 1 nitrogen and oxygen atoms in total. The quantitative estimate of drug-likeness (QED) is 0.237. The molecule has 4 aromatic rings. The third-order valence-corrected chi connectivity index (χ3v) is 4.96.